The Labute approximate surface area is 176 Å². The summed E-state index contributed by atoms with van der Waals surface area (Å²) in [6, 6.07) is 19.1. The second kappa shape index (κ2) is 9.19. The van der Waals surface area contributed by atoms with Crippen molar-refractivity contribution in [1.29, 1.82) is 0 Å². The zero-order chi connectivity index (χ0) is 21.7. The first kappa shape index (κ1) is 21.7. The molecule has 1 amide bonds. The van der Waals surface area contributed by atoms with Gasteiger partial charge in [-0.3, -0.25) is 4.79 Å². The SMILES string of the molecule is Cc1cccc(NC(=O)CN(Cc2ccccc2)S(=O)(=O)c2ccc(F)cc2)c1C. The van der Waals surface area contributed by atoms with Gasteiger partial charge in [0.25, 0.3) is 0 Å². The van der Waals surface area contributed by atoms with Crippen LogP contribution in [0.3, 0.4) is 0 Å². The van der Waals surface area contributed by atoms with Crippen LogP contribution < -0.4 is 5.32 Å². The summed E-state index contributed by atoms with van der Waals surface area (Å²) in [6.07, 6.45) is 0. The van der Waals surface area contributed by atoms with Gasteiger partial charge in [-0.05, 0) is 60.9 Å². The van der Waals surface area contributed by atoms with Crippen molar-refractivity contribution in [3.63, 3.8) is 0 Å². The molecule has 0 aliphatic rings. The molecule has 0 aliphatic carbocycles. The molecule has 0 spiro atoms. The van der Waals surface area contributed by atoms with Gasteiger partial charge in [0.05, 0.1) is 11.4 Å². The summed E-state index contributed by atoms with van der Waals surface area (Å²) in [5.41, 5.74) is 3.32. The number of aryl methyl sites for hydroxylation is 1. The molecule has 0 fully saturated rings. The van der Waals surface area contributed by atoms with Crippen LogP contribution in [0, 0.1) is 19.7 Å². The lowest BCUT2D eigenvalue weighted by Gasteiger charge is -2.22. The third kappa shape index (κ3) is 5.11. The fourth-order valence-electron chi connectivity index (χ4n) is 3.00. The van der Waals surface area contributed by atoms with Crippen molar-refractivity contribution in [3.05, 3.63) is 95.3 Å². The first-order valence-corrected chi connectivity index (χ1v) is 10.9. The van der Waals surface area contributed by atoms with Crippen LogP contribution in [0.5, 0.6) is 0 Å². The molecular weight excluding hydrogens is 403 g/mol. The lowest BCUT2D eigenvalue weighted by atomic mass is 10.1. The minimum Gasteiger partial charge on any atom is -0.325 e. The summed E-state index contributed by atoms with van der Waals surface area (Å²) in [6.45, 7) is 3.47. The van der Waals surface area contributed by atoms with E-state index < -0.39 is 21.7 Å². The normalized spacial score (nSPS) is 11.5. The minimum absolute atomic E-state index is 0.0147. The molecule has 30 heavy (non-hydrogen) atoms. The first-order valence-electron chi connectivity index (χ1n) is 9.43. The Morgan fingerprint density at radius 1 is 0.933 bits per heavy atom. The van der Waals surface area contributed by atoms with Crippen molar-refractivity contribution < 1.29 is 17.6 Å². The van der Waals surface area contributed by atoms with Crippen molar-refractivity contribution in [2.45, 2.75) is 25.3 Å². The van der Waals surface area contributed by atoms with E-state index in [0.29, 0.717) is 5.69 Å². The number of sulfonamides is 1. The van der Waals surface area contributed by atoms with Gasteiger partial charge in [0.15, 0.2) is 0 Å². The number of amides is 1. The van der Waals surface area contributed by atoms with Crippen molar-refractivity contribution in [3.8, 4) is 0 Å². The highest BCUT2D eigenvalue weighted by Crippen LogP contribution is 2.21. The highest BCUT2D eigenvalue weighted by atomic mass is 32.2. The van der Waals surface area contributed by atoms with Crippen LogP contribution in [0.1, 0.15) is 16.7 Å². The first-order chi connectivity index (χ1) is 14.3. The minimum atomic E-state index is -4.02. The molecular formula is C23H23FN2O3S. The van der Waals surface area contributed by atoms with Crippen LogP contribution in [-0.2, 0) is 21.4 Å². The smallest absolute Gasteiger partial charge is 0.243 e. The molecule has 0 bridgehead atoms. The maximum absolute atomic E-state index is 13.3. The van der Waals surface area contributed by atoms with Crippen LogP contribution in [0.25, 0.3) is 0 Å². The maximum Gasteiger partial charge on any atom is 0.243 e. The highest BCUT2D eigenvalue weighted by molar-refractivity contribution is 7.89. The Kier molecular flexibility index (Phi) is 6.64. The van der Waals surface area contributed by atoms with Gasteiger partial charge >= 0.3 is 0 Å². The van der Waals surface area contributed by atoms with E-state index in [4.69, 9.17) is 0 Å². The molecule has 0 aromatic heterocycles. The lowest BCUT2D eigenvalue weighted by molar-refractivity contribution is -0.116. The molecule has 0 saturated heterocycles. The van der Waals surface area contributed by atoms with Crippen molar-refractivity contribution in [1.82, 2.24) is 4.31 Å². The van der Waals surface area contributed by atoms with Gasteiger partial charge in [0.1, 0.15) is 5.82 Å². The number of carbonyl (C=O) groups is 1. The second-order valence-electron chi connectivity index (χ2n) is 7.01. The number of rotatable bonds is 7. The molecule has 0 saturated carbocycles. The average molecular weight is 427 g/mol. The molecule has 0 radical (unpaired) electrons. The summed E-state index contributed by atoms with van der Waals surface area (Å²) in [5, 5.41) is 2.79. The number of benzene rings is 3. The summed E-state index contributed by atoms with van der Waals surface area (Å²) >= 11 is 0. The number of halogens is 1. The van der Waals surface area contributed by atoms with Crippen LogP contribution in [0.15, 0.2) is 77.7 Å². The number of nitrogens with one attached hydrogen (secondary N) is 1. The van der Waals surface area contributed by atoms with Crippen LogP contribution in [-0.4, -0.2) is 25.2 Å². The van der Waals surface area contributed by atoms with Gasteiger partial charge in [0, 0.05) is 12.2 Å². The Morgan fingerprint density at radius 3 is 2.27 bits per heavy atom. The van der Waals surface area contributed by atoms with Gasteiger partial charge in [-0.1, -0.05) is 42.5 Å². The third-order valence-corrected chi connectivity index (χ3v) is 6.66. The molecule has 0 heterocycles. The van der Waals surface area contributed by atoms with Crippen molar-refractivity contribution >= 4 is 21.6 Å². The largest absolute Gasteiger partial charge is 0.325 e. The molecule has 3 aromatic rings. The number of hydrogen-bond acceptors (Lipinski definition) is 3. The summed E-state index contributed by atoms with van der Waals surface area (Å²) in [7, 11) is -4.02. The fourth-order valence-corrected chi connectivity index (χ4v) is 4.39. The molecule has 5 nitrogen and oxygen atoms in total. The Bertz CT molecular complexity index is 1130. The van der Waals surface area contributed by atoms with Gasteiger partial charge < -0.3 is 5.32 Å². The maximum atomic E-state index is 13.3. The van der Waals surface area contributed by atoms with E-state index in [1.54, 1.807) is 30.3 Å². The van der Waals surface area contributed by atoms with Gasteiger partial charge in [-0.25, -0.2) is 12.8 Å². The van der Waals surface area contributed by atoms with Gasteiger partial charge in [-0.2, -0.15) is 4.31 Å². The summed E-state index contributed by atoms with van der Waals surface area (Å²) < 4.78 is 40.7. The van der Waals surface area contributed by atoms with Gasteiger partial charge in [-0.15, -0.1) is 0 Å². The predicted molar refractivity (Wildman–Crippen MR) is 115 cm³/mol. The predicted octanol–water partition coefficient (Wildman–Crippen LogP) is 4.27. The second-order valence-corrected chi connectivity index (χ2v) is 8.95. The van der Waals surface area contributed by atoms with Gasteiger partial charge in [0.2, 0.25) is 15.9 Å². The molecule has 0 atom stereocenters. The van der Waals surface area contributed by atoms with Crippen LogP contribution in [0.2, 0.25) is 0 Å². The quantitative estimate of drug-likeness (QED) is 0.614. The van der Waals surface area contributed by atoms with E-state index in [2.05, 4.69) is 5.32 Å². The summed E-state index contributed by atoms with van der Waals surface area (Å²) in [4.78, 5) is 12.7. The van der Waals surface area contributed by atoms with Crippen LogP contribution >= 0.6 is 0 Å². The van der Waals surface area contributed by atoms with Crippen molar-refractivity contribution in [2.24, 2.45) is 0 Å². The molecule has 7 heteroatoms. The Balaban J connectivity index is 1.88. The third-order valence-electron chi connectivity index (χ3n) is 4.85. The summed E-state index contributed by atoms with van der Waals surface area (Å²) in [5.74, 6) is -0.985. The van der Waals surface area contributed by atoms with E-state index in [-0.39, 0.29) is 18.0 Å². The molecule has 3 aromatic carbocycles. The Morgan fingerprint density at radius 2 is 1.60 bits per heavy atom. The van der Waals surface area contributed by atoms with Crippen molar-refractivity contribution in [2.75, 3.05) is 11.9 Å². The molecule has 1 N–H and O–H groups in total. The molecule has 0 unspecified atom stereocenters. The Hall–Kier alpha value is -3.03. The van der Waals surface area contributed by atoms with E-state index in [0.717, 1.165) is 33.1 Å². The van der Waals surface area contributed by atoms with E-state index in [1.165, 1.54) is 12.1 Å². The standard InChI is InChI=1S/C23H23FN2O3S/c1-17-7-6-10-22(18(17)2)25-23(27)16-26(15-19-8-4-3-5-9-19)30(28,29)21-13-11-20(24)12-14-21/h3-14H,15-16H2,1-2H3,(H,25,27). The zero-order valence-corrected chi connectivity index (χ0v) is 17.6. The van der Waals surface area contributed by atoms with E-state index in [9.17, 15) is 17.6 Å². The van der Waals surface area contributed by atoms with E-state index in [1.807, 2.05) is 32.0 Å². The number of nitrogens with zero attached hydrogens (tertiary/aromatic N) is 1. The van der Waals surface area contributed by atoms with E-state index >= 15 is 0 Å². The molecule has 3 rings (SSSR count). The number of carbonyl (C=O) groups excluding carboxylic acids is 1. The van der Waals surface area contributed by atoms with Crippen LogP contribution in [0.4, 0.5) is 10.1 Å². The molecule has 156 valence electrons. The lowest BCUT2D eigenvalue weighted by Crippen LogP contribution is -2.37. The number of hydrogen-bond donors (Lipinski definition) is 1. The zero-order valence-electron chi connectivity index (χ0n) is 16.8. The fraction of sp³-hybridized carbons (Fsp3) is 0.174. The number of anilines is 1. The topological polar surface area (TPSA) is 66.5 Å². The average Bonchev–Trinajstić information content (AvgIpc) is 2.72. The molecule has 0 aliphatic heterocycles. The monoisotopic (exact) mass is 426 g/mol. The highest BCUT2D eigenvalue weighted by Gasteiger charge is 2.27.